The Bertz CT molecular complexity index is 1340. The van der Waals surface area contributed by atoms with Crippen LogP contribution in [0, 0.1) is 0 Å². The molecule has 0 fully saturated rings. The van der Waals surface area contributed by atoms with E-state index in [1.165, 1.54) is 0 Å². The number of methoxy groups -OCH3 is 2. The van der Waals surface area contributed by atoms with Gasteiger partial charge >= 0.3 is 0 Å². The molecule has 2 amide bonds. The Hall–Kier alpha value is -4.58. The lowest BCUT2D eigenvalue weighted by atomic mass is 10.0. The van der Waals surface area contributed by atoms with Gasteiger partial charge in [0, 0.05) is 19.5 Å². The lowest BCUT2D eigenvalue weighted by molar-refractivity contribution is -0.140. The Morgan fingerprint density at radius 3 is 1.75 bits per heavy atom. The number of hydrogen-bond donors (Lipinski definition) is 1. The van der Waals surface area contributed by atoms with Crippen LogP contribution >= 0.6 is 0 Å². The summed E-state index contributed by atoms with van der Waals surface area (Å²) in [5.74, 6) is 1.25. The minimum Gasteiger partial charge on any atom is -0.497 e. The van der Waals surface area contributed by atoms with Crippen LogP contribution in [-0.4, -0.2) is 43.5 Å². The van der Waals surface area contributed by atoms with Crippen LogP contribution in [0.3, 0.4) is 0 Å². The number of nitrogens with one attached hydrogen (secondary N) is 1. The molecule has 0 aliphatic carbocycles. The molecule has 0 saturated carbocycles. The smallest absolute Gasteiger partial charge is 0.243 e. The monoisotopic (exact) mass is 536 g/mol. The third-order valence-electron chi connectivity index (χ3n) is 6.85. The highest BCUT2D eigenvalue weighted by Gasteiger charge is 2.30. The van der Waals surface area contributed by atoms with Gasteiger partial charge < -0.3 is 19.7 Å². The first-order chi connectivity index (χ1) is 19.6. The van der Waals surface area contributed by atoms with Crippen LogP contribution in [0.25, 0.3) is 0 Å². The van der Waals surface area contributed by atoms with Crippen molar-refractivity contribution < 1.29 is 19.1 Å². The van der Waals surface area contributed by atoms with Gasteiger partial charge in [-0.15, -0.1) is 0 Å². The highest BCUT2D eigenvalue weighted by Crippen LogP contribution is 2.19. The fourth-order valence-electron chi connectivity index (χ4n) is 4.59. The first kappa shape index (κ1) is 28.4. The molecule has 1 atom stereocenters. The van der Waals surface area contributed by atoms with E-state index in [0.717, 1.165) is 33.8 Å². The summed E-state index contributed by atoms with van der Waals surface area (Å²) in [4.78, 5) is 29.3. The van der Waals surface area contributed by atoms with Crippen LogP contribution in [0.4, 0.5) is 0 Å². The van der Waals surface area contributed by atoms with Crippen LogP contribution in [-0.2, 0) is 35.4 Å². The van der Waals surface area contributed by atoms with E-state index in [1.807, 2.05) is 109 Å². The number of carbonyl (C=O) groups is 2. The van der Waals surface area contributed by atoms with Gasteiger partial charge in [-0.2, -0.15) is 0 Å². The van der Waals surface area contributed by atoms with Crippen molar-refractivity contribution in [2.24, 2.45) is 0 Å². The van der Waals surface area contributed by atoms with Crippen LogP contribution in [0.2, 0.25) is 0 Å². The average Bonchev–Trinajstić information content (AvgIpc) is 3.00. The normalized spacial score (nSPS) is 11.3. The van der Waals surface area contributed by atoms with E-state index in [1.54, 1.807) is 19.1 Å². The molecule has 1 N–H and O–H groups in total. The molecule has 0 radical (unpaired) electrons. The highest BCUT2D eigenvalue weighted by atomic mass is 16.5. The zero-order valence-electron chi connectivity index (χ0n) is 23.1. The molecule has 0 aliphatic rings. The molecule has 4 aromatic rings. The standard InChI is InChI=1S/C34H36N2O4/c1-39-30-17-13-26(14-18-30)21-22-35-34(38)32(23-27-9-5-3-6-10-27)36(25-29-15-19-31(40-2)20-16-29)33(37)24-28-11-7-4-8-12-28/h3-20,32H,21-25H2,1-2H3,(H,35,38). The largest absolute Gasteiger partial charge is 0.497 e. The van der Waals surface area contributed by atoms with Crippen molar-refractivity contribution in [3.63, 3.8) is 0 Å². The van der Waals surface area contributed by atoms with Gasteiger partial charge in [0.2, 0.25) is 11.8 Å². The van der Waals surface area contributed by atoms with Crippen molar-refractivity contribution in [3.05, 3.63) is 131 Å². The first-order valence-corrected chi connectivity index (χ1v) is 13.5. The van der Waals surface area contributed by atoms with Gasteiger partial charge in [-0.05, 0) is 52.9 Å². The predicted octanol–water partition coefficient (Wildman–Crippen LogP) is 5.25. The number of carbonyl (C=O) groups excluding carboxylic acids is 2. The molecule has 0 saturated heterocycles. The van der Waals surface area contributed by atoms with Crippen LogP contribution < -0.4 is 14.8 Å². The lowest BCUT2D eigenvalue weighted by Gasteiger charge is -2.32. The summed E-state index contributed by atoms with van der Waals surface area (Å²) < 4.78 is 10.5. The fraction of sp³-hybridized carbons (Fsp3) is 0.235. The van der Waals surface area contributed by atoms with Crippen molar-refractivity contribution in [1.29, 1.82) is 0 Å². The molecular formula is C34H36N2O4. The van der Waals surface area contributed by atoms with E-state index < -0.39 is 6.04 Å². The average molecular weight is 537 g/mol. The third-order valence-corrected chi connectivity index (χ3v) is 6.85. The fourth-order valence-corrected chi connectivity index (χ4v) is 4.59. The maximum absolute atomic E-state index is 13.8. The molecule has 4 rings (SSSR count). The van der Waals surface area contributed by atoms with Gasteiger partial charge in [-0.25, -0.2) is 0 Å². The molecule has 1 unspecified atom stereocenters. The van der Waals surface area contributed by atoms with Gasteiger partial charge in [0.05, 0.1) is 20.6 Å². The van der Waals surface area contributed by atoms with E-state index >= 15 is 0 Å². The molecule has 6 heteroatoms. The molecule has 40 heavy (non-hydrogen) atoms. The summed E-state index contributed by atoms with van der Waals surface area (Å²) in [6, 6.07) is 34.2. The molecule has 6 nitrogen and oxygen atoms in total. The molecular weight excluding hydrogens is 500 g/mol. The summed E-state index contributed by atoms with van der Waals surface area (Å²) in [6.45, 7) is 0.763. The number of nitrogens with zero attached hydrogens (tertiary/aromatic N) is 1. The highest BCUT2D eigenvalue weighted by molar-refractivity contribution is 5.88. The second-order valence-corrected chi connectivity index (χ2v) is 9.63. The van der Waals surface area contributed by atoms with Gasteiger partial charge in [0.25, 0.3) is 0 Å². The third kappa shape index (κ3) is 8.21. The van der Waals surface area contributed by atoms with Gasteiger partial charge in [0.1, 0.15) is 17.5 Å². The predicted molar refractivity (Wildman–Crippen MR) is 157 cm³/mol. The van der Waals surface area contributed by atoms with Crippen LogP contribution in [0.15, 0.2) is 109 Å². The maximum Gasteiger partial charge on any atom is 0.243 e. The maximum atomic E-state index is 13.8. The minimum absolute atomic E-state index is 0.103. The second kappa shape index (κ2) is 14.5. The molecule has 4 aromatic carbocycles. The van der Waals surface area contributed by atoms with Crippen LogP contribution in [0.1, 0.15) is 22.3 Å². The number of hydrogen-bond acceptors (Lipinski definition) is 4. The zero-order valence-corrected chi connectivity index (χ0v) is 23.1. The molecule has 206 valence electrons. The number of amides is 2. The Morgan fingerprint density at radius 1 is 0.675 bits per heavy atom. The molecule has 0 spiro atoms. The van der Waals surface area contributed by atoms with Crippen molar-refractivity contribution in [3.8, 4) is 11.5 Å². The zero-order chi connectivity index (χ0) is 28.2. The number of ether oxygens (including phenoxy) is 2. The van der Waals surface area contributed by atoms with E-state index in [9.17, 15) is 9.59 Å². The summed E-state index contributed by atoms with van der Waals surface area (Å²) in [6.07, 6.45) is 1.29. The van der Waals surface area contributed by atoms with Crippen molar-refractivity contribution in [2.75, 3.05) is 20.8 Å². The van der Waals surface area contributed by atoms with E-state index in [2.05, 4.69) is 5.32 Å². The first-order valence-electron chi connectivity index (χ1n) is 13.5. The number of benzene rings is 4. The molecule has 0 aliphatic heterocycles. The Morgan fingerprint density at radius 2 is 1.20 bits per heavy atom. The molecule has 0 aromatic heterocycles. The molecule has 0 heterocycles. The summed E-state index contributed by atoms with van der Waals surface area (Å²) >= 11 is 0. The second-order valence-electron chi connectivity index (χ2n) is 9.63. The van der Waals surface area contributed by atoms with Gasteiger partial charge in [-0.3, -0.25) is 9.59 Å². The quantitative estimate of drug-likeness (QED) is 0.254. The van der Waals surface area contributed by atoms with Crippen LogP contribution in [0.5, 0.6) is 11.5 Å². The van der Waals surface area contributed by atoms with Gasteiger partial charge in [-0.1, -0.05) is 84.9 Å². The number of rotatable bonds is 13. The Balaban J connectivity index is 1.58. The van der Waals surface area contributed by atoms with E-state index in [4.69, 9.17) is 9.47 Å². The minimum atomic E-state index is -0.684. The van der Waals surface area contributed by atoms with Gasteiger partial charge in [0.15, 0.2) is 0 Å². The lowest BCUT2D eigenvalue weighted by Crippen LogP contribution is -2.51. The van der Waals surface area contributed by atoms with E-state index in [-0.39, 0.29) is 18.2 Å². The SMILES string of the molecule is COc1ccc(CCNC(=O)C(Cc2ccccc2)N(Cc2ccc(OC)cc2)C(=O)Cc2ccccc2)cc1. The summed E-state index contributed by atoms with van der Waals surface area (Å²) in [7, 11) is 3.26. The van der Waals surface area contributed by atoms with Crippen molar-refractivity contribution in [1.82, 2.24) is 10.2 Å². The topological polar surface area (TPSA) is 67.9 Å². The van der Waals surface area contributed by atoms with Crippen molar-refractivity contribution in [2.45, 2.75) is 31.8 Å². The molecule has 0 bridgehead atoms. The van der Waals surface area contributed by atoms with E-state index in [0.29, 0.717) is 25.9 Å². The summed E-state index contributed by atoms with van der Waals surface area (Å²) in [5, 5.41) is 3.10. The summed E-state index contributed by atoms with van der Waals surface area (Å²) in [5.41, 5.74) is 3.91. The Kier molecular flexibility index (Phi) is 10.3. The Labute approximate surface area is 236 Å². The van der Waals surface area contributed by atoms with Crippen molar-refractivity contribution >= 4 is 11.8 Å².